The second-order valence-corrected chi connectivity index (χ2v) is 7.11. The van der Waals surface area contributed by atoms with Crippen molar-refractivity contribution >= 4 is 17.4 Å². The normalized spacial score (nSPS) is 14.6. The Balaban J connectivity index is 1.41. The van der Waals surface area contributed by atoms with E-state index in [9.17, 15) is 9.18 Å². The van der Waals surface area contributed by atoms with Gasteiger partial charge in [-0.2, -0.15) is 0 Å². The molecule has 6 nitrogen and oxygen atoms in total. The standard InChI is InChI=1S/C22H22FN5O/c1-27-12-14-28(15-13-27)21-11-10-20(25-26-21)16-4-8-19(9-5-16)24-22(29)17-2-6-18(23)7-3-17/h2-11H,12-15H2,1H3,(H,24,29). The van der Waals surface area contributed by atoms with E-state index >= 15 is 0 Å². The minimum Gasteiger partial charge on any atom is -0.353 e. The topological polar surface area (TPSA) is 61.4 Å². The lowest BCUT2D eigenvalue weighted by atomic mass is 10.1. The smallest absolute Gasteiger partial charge is 0.255 e. The molecule has 1 fully saturated rings. The molecular formula is C22H22FN5O. The van der Waals surface area contributed by atoms with Crippen molar-refractivity contribution in [2.75, 3.05) is 43.4 Å². The van der Waals surface area contributed by atoms with E-state index in [0.717, 1.165) is 43.3 Å². The van der Waals surface area contributed by atoms with Crippen molar-refractivity contribution in [2.24, 2.45) is 0 Å². The van der Waals surface area contributed by atoms with Crippen LogP contribution in [-0.2, 0) is 0 Å². The molecule has 1 N–H and O–H groups in total. The van der Waals surface area contributed by atoms with Crippen molar-refractivity contribution in [1.82, 2.24) is 15.1 Å². The molecule has 1 amide bonds. The summed E-state index contributed by atoms with van der Waals surface area (Å²) in [6.45, 7) is 3.95. The average molecular weight is 391 g/mol. The first-order valence-corrected chi connectivity index (χ1v) is 9.53. The van der Waals surface area contributed by atoms with Crippen molar-refractivity contribution in [2.45, 2.75) is 0 Å². The second kappa shape index (κ2) is 8.36. The molecule has 2 heterocycles. The SMILES string of the molecule is CN1CCN(c2ccc(-c3ccc(NC(=O)c4ccc(F)cc4)cc3)nn2)CC1. The summed E-state index contributed by atoms with van der Waals surface area (Å²) in [6.07, 6.45) is 0. The van der Waals surface area contributed by atoms with Gasteiger partial charge in [0.05, 0.1) is 5.69 Å². The number of hydrogen-bond acceptors (Lipinski definition) is 5. The molecule has 1 aromatic heterocycles. The highest BCUT2D eigenvalue weighted by Gasteiger charge is 2.15. The summed E-state index contributed by atoms with van der Waals surface area (Å²) in [7, 11) is 2.12. The Morgan fingerprint density at radius 3 is 2.21 bits per heavy atom. The van der Waals surface area contributed by atoms with E-state index in [1.165, 1.54) is 24.3 Å². The minimum absolute atomic E-state index is 0.283. The van der Waals surface area contributed by atoms with Gasteiger partial charge in [-0.3, -0.25) is 4.79 Å². The Morgan fingerprint density at radius 1 is 0.897 bits per heavy atom. The summed E-state index contributed by atoms with van der Waals surface area (Å²) in [5.74, 6) is 0.241. The minimum atomic E-state index is -0.370. The van der Waals surface area contributed by atoms with E-state index in [-0.39, 0.29) is 11.7 Å². The first kappa shape index (κ1) is 19.0. The molecule has 0 aliphatic carbocycles. The van der Waals surface area contributed by atoms with Crippen LogP contribution in [0.25, 0.3) is 11.3 Å². The van der Waals surface area contributed by atoms with Gasteiger partial charge in [0.15, 0.2) is 5.82 Å². The van der Waals surface area contributed by atoms with E-state index in [2.05, 4.69) is 32.4 Å². The Morgan fingerprint density at radius 2 is 1.59 bits per heavy atom. The van der Waals surface area contributed by atoms with Gasteiger partial charge in [0.2, 0.25) is 0 Å². The van der Waals surface area contributed by atoms with E-state index in [0.29, 0.717) is 11.3 Å². The Bertz CT molecular complexity index is 966. The number of benzene rings is 2. The molecule has 0 atom stereocenters. The molecule has 1 aliphatic heterocycles. The maximum atomic E-state index is 13.0. The predicted molar refractivity (Wildman–Crippen MR) is 112 cm³/mol. The summed E-state index contributed by atoms with van der Waals surface area (Å²) < 4.78 is 13.0. The predicted octanol–water partition coefficient (Wildman–Crippen LogP) is 3.29. The van der Waals surface area contributed by atoms with Gasteiger partial charge in [0, 0.05) is 43.0 Å². The van der Waals surface area contributed by atoms with Crippen LogP contribution < -0.4 is 10.2 Å². The lowest BCUT2D eigenvalue weighted by Gasteiger charge is -2.32. The summed E-state index contributed by atoms with van der Waals surface area (Å²) in [6, 6.07) is 16.8. The number of likely N-dealkylation sites (N-methyl/N-ethyl adjacent to an activating group) is 1. The number of rotatable bonds is 4. The molecule has 29 heavy (non-hydrogen) atoms. The van der Waals surface area contributed by atoms with Crippen LogP contribution in [0, 0.1) is 5.82 Å². The van der Waals surface area contributed by atoms with Gasteiger partial charge in [-0.25, -0.2) is 4.39 Å². The maximum absolute atomic E-state index is 13.0. The Kier molecular flexibility index (Phi) is 5.48. The molecule has 0 saturated carbocycles. The fraction of sp³-hybridized carbons (Fsp3) is 0.227. The number of nitrogens with zero attached hydrogens (tertiary/aromatic N) is 4. The van der Waals surface area contributed by atoms with Crippen molar-refractivity contribution in [3.8, 4) is 11.3 Å². The number of piperazine rings is 1. The van der Waals surface area contributed by atoms with Crippen LogP contribution in [0.4, 0.5) is 15.9 Å². The lowest BCUT2D eigenvalue weighted by Crippen LogP contribution is -2.44. The van der Waals surface area contributed by atoms with Crippen LogP contribution in [0.2, 0.25) is 0 Å². The summed E-state index contributed by atoms with van der Waals surface area (Å²) >= 11 is 0. The van der Waals surface area contributed by atoms with Crippen molar-refractivity contribution in [3.63, 3.8) is 0 Å². The van der Waals surface area contributed by atoms with Gasteiger partial charge in [0.25, 0.3) is 5.91 Å². The van der Waals surface area contributed by atoms with Crippen molar-refractivity contribution < 1.29 is 9.18 Å². The summed E-state index contributed by atoms with van der Waals surface area (Å²) in [5.41, 5.74) is 2.76. The first-order valence-electron chi connectivity index (χ1n) is 9.53. The quantitative estimate of drug-likeness (QED) is 0.740. The van der Waals surface area contributed by atoms with E-state index in [4.69, 9.17) is 0 Å². The van der Waals surface area contributed by atoms with Gasteiger partial charge in [-0.15, -0.1) is 10.2 Å². The van der Waals surface area contributed by atoms with Crippen LogP contribution in [0.1, 0.15) is 10.4 Å². The van der Waals surface area contributed by atoms with Crippen molar-refractivity contribution in [3.05, 3.63) is 72.0 Å². The highest BCUT2D eigenvalue weighted by molar-refractivity contribution is 6.04. The fourth-order valence-electron chi connectivity index (χ4n) is 3.21. The third kappa shape index (κ3) is 4.57. The molecule has 148 valence electrons. The Labute approximate surface area is 169 Å². The molecule has 7 heteroatoms. The lowest BCUT2D eigenvalue weighted by molar-refractivity contribution is 0.102. The van der Waals surface area contributed by atoms with E-state index < -0.39 is 0 Å². The number of carbonyl (C=O) groups is 1. The zero-order valence-corrected chi connectivity index (χ0v) is 16.2. The number of nitrogens with one attached hydrogen (secondary N) is 1. The Hall–Kier alpha value is -3.32. The molecule has 2 aromatic carbocycles. The number of anilines is 2. The third-order valence-electron chi connectivity index (χ3n) is 5.02. The largest absolute Gasteiger partial charge is 0.353 e. The zero-order valence-electron chi connectivity index (χ0n) is 16.2. The number of aromatic nitrogens is 2. The van der Waals surface area contributed by atoms with Gasteiger partial charge < -0.3 is 15.1 Å². The summed E-state index contributed by atoms with van der Waals surface area (Å²) in [5, 5.41) is 11.5. The zero-order chi connectivity index (χ0) is 20.2. The molecule has 4 rings (SSSR count). The second-order valence-electron chi connectivity index (χ2n) is 7.11. The number of halogens is 1. The molecule has 0 unspecified atom stereocenters. The molecular weight excluding hydrogens is 369 g/mol. The van der Waals surface area contributed by atoms with Crippen LogP contribution in [0.5, 0.6) is 0 Å². The molecule has 3 aromatic rings. The van der Waals surface area contributed by atoms with Crippen LogP contribution >= 0.6 is 0 Å². The number of hydrogen-bond donors (Lipinski definition) is 1. The van der Waals surface area contributed by atoms with Gasteiger partial charge in [-0.1, -0.05) is 12.1 Å². The van der Waals surface area contributed by atoms with E-state index in [1.807, 2.05) is 36.4 Å². The highest BCUT2D eigenvalue weighted by atomic mass is 19.1. The molecule has 1 saturated heterocycles. The van der Waals surface area contributed by atoms with Crippen LogP contribution in [-0.4, -0.2) is 54.2 Å². The first-order chi connectivity index (χ1) is 14.1. The number of carbonyl (C=O) groups excluding carboxylic acids is 1. The van der Waals surface area contributed by atoms with Gasteiger partial charge in [0.1, 0.15) is 5.82 Å². The maximum Gasteiger partial charge on any atom is 0.255 e. The van der Waals surface area contributed by atoms with Gasteiger partial charge in [-0.05, 0) is 55.6 Å². The van der Waals surface area contributed by atoms with Crippen molar-refractivity contribution in [1.29, 1.82) is 0 Å². The monoisotopic (exact) mass is 391 g/mol. The van der Waals surface area contributed by atoms with E-state index in [1.54, 1.807) is 0 Å². The number of amides is 1. The van der Waals surface area contributed by atoms with Gasteiger partial charge >= 0.3 is 0 Å². The van der Waals surface area contributed by atoms with Crippen LogP contribution in [0.15, 0.2) is 60.7 Å². The third-order valence-corrected chi connectivity index (χ3v) is 5.02. The highest BCUT2D eigenvalue weighted by Crippen LogP contribution is 2.21. The fourth-order valence-corrected chi connectivity index (χ4v) is 3.21. The molecule has 0 spiro atoms. The average Bonchev–Trinajstić information content (AvgIpc) is 2.75. The molecule has 1 aliphatic rings. The summed E-state index contributed by atoms with van der Waals surface area (Å²) in [4.78, 5) is 16.8. The molecule has 0 radical (unpaired) electrons. The molecule has 0 bridgehead atoms. The van der Waals surface area contributed by atoms with Crippen LogP contribution in [0.3, 0.4) is 0 Å².